The molecule has 1 aliphatic rings. The number of hydrogen-bond donors (Lipinski definition) is 1. The van der Waals surface area contributed by atoms with Crippen LogP contribution in [0.5, 0.6) is 0 Å². The van der Waals surface area contributed by atoms with Crippen molar-refractivity contribution in [1.82, 2.24) is 4.90 Å². The van der Waals surface area contributed by atoms with Crippen LogP contribution in [0.15, 0.2) is 54.6 Å². The maximum absolute atomic E-state index is 12.7. The third kappa shape index (κ3) is 3.31. The van der Waals surface area contributed by atoms with E-state index in [1.165, 1.54) is 0 Å². The fourth-order valence-electron chi connectivity index (χ4n) is 2.96. The lowest BCUT2D eigenvalue weighted by Crippen LogP contribution is -2.43. The fourth-order valence-corrected chi connectivity index (χ4v) is 2.96. The highest BCUT2D eigenvalue weighted by Crippen LogP contribution is 2.28. The second-order valence-electron chi connectivity index (χ2n) is 5.96. The van der Waals surface area contributed by atoms with E-state index in [0.29, 0.717) is 6.54 Å². The van der Waals surface area contributed by atoms with Crippen molar-refractivity contribution in [3.8, 4) is 0 Å². The first-order chi connectivity index (χ1) is 11.2. The zero-order valence-electron chi connectivity index (χ0n) is 13.7. The van der Waals surface area contributed by atoms with Crippen LogP contribution in [0.3, 0.4) is 0 Å². The van der Waals surface area contributed by atoms with Crippen molar-refractivity contribution in [3.05, 3.63) is 60.2 Å². The SMILES string of the molecule is CC(c1ccccc1)N(C)C(=O)CN1CCNc2ccccc21. The Morgan fingerprint density at radius 1 is 1.17 bits per heavy atom. The molecular formula is C19H23N3O. The quantitative estimate of drug-likeness (QED) is 0.942. The third-order valence-corrected chi connectivity index (χ3v) is 4.52. The molecule has 1 heterocycles. The molecule has 0 aromatic heterocycles. The molecule has 0 saturated carbocycles. The van der Waals surface area contributed by atoms with E-state index in [9.17, 15) is 4.79 Å². The second kappa shape index (κ2) is 6.73. The second-order valence-corrected chi connectivity index (χ2v) is 5.96. The van der Waals surface area contributed by atoms with Gasteiger partial charge in [0.05, 0.1) is 24.0 Å². The van der Waals surface area contributed by atoms with Gasteiger partial charge in [0.2, 0.25) is 5.91 Å². The predicted octanol–water partition coefficient (Wildman–Crippen LogP) is 3.14. The molecule has 1 aliphatic heterocycles. The van der Waals surface area contributed by atoms with Crippen molar-refractivity contribution in [2.45, 2.75) is 13.0 Å². The summed E-state index contributed by atoms with van der Waals surface area (Å²) in [6, 6.07) is 18.4. The number of likely N-dealkylation sites (N-methyl/N-ethyl adjacent to an activating group) is 1. The summed E-state index contributed by atoms with van der Waals surface area (Å²) in [6.07, 6.45) is 0. The first-order valence-corrected chi connectivity index (χ1v) is 8.05. The molecule has 1 unspecified atom stereocenters. The zero-order chi connectivity index (χ0) is 16.2. The van der Waals surface area contributed by atoms with E-state index in [0.717, 1.165) is 30.0 Å². The number of fused-ring (bicyclic) bond motifs is 1. The minimum atomic E-state index is 0.0712. The Hall–Kier alpha value is -2.49. The molecule has 1 N–H and O–H groups in total. The Balaban J connectivity index is 1.70. The van der Waals surface area contributed by atoms with Crippen LogP contribution in [0.4, 0.5) is 11.4 Å². The number of rotatable bonds is 4. The Morgan fingerprint density at radius 2 is 1.87 bits per heavy atom. The molecule has 2 aromatic rings. The number of nitrogens with one attached hydrogen (secondary N) is 1. The summed E-state index contributed by atoms with van der Waals surface area (Å²) >= 11 is 0. The lowest BCUT2D eigenvalue weighted by Gasteiger charge is -2.34. The topological polar surface area (TPSA) is 35.6 Å². The molecular weight excluding hydrogens is 286 g/mol. The van der Waals surface area contributed by atoms with Gasteiger partial charge in [0.15, 0.2) is 0 Å². The maximum atomic E-state index is 12.7. The fraction of sp³-hybridized carbons (Fsp3) is 0.316. The highest BCUT2D eigenvalue weighted by Gasteiger charge is 2.22. The molecule has 0 fully saturated rings. The van der Waals surface area contributed by atoms with E-state index < -0.39 is 0 Å². The summed E-state index contributed by atoms with van der Waals surface area (Å²) in [5.74, 6) is 0.137. The summed E-state index contributed by atoms with van der Waals surface area (Å²) < 4.78 is 0. The van der Waals surface area contributed by atoms with E-state index >= 15 is 0 Å². The molecule has 0 spiro atoms. The van der Waals surface area contributed by atoms with E-state index in [-0.39, 0.29) is 11.9 Å². The summed E-state index contributed by atoms with van der Waals surface area (Å²) in [5.41, 5.74) is 3.36. The Bertz CT molecular complexity index is 671. The Kier molecular flexibility index (Phi) is 4.51. The summed E-state index contributed by atoms with van der Waals surface area (Å²) in [4.78, 5) is 16.7. The van der Waals surface area contributed by atoms with Crippen LogP contribution in [-0.4, -0.2) is 37.5 Å². The lowest BCUT2D eigenvalue weighted by molar-refractivity contribution is -0.130. The van der Waals surface area contributed by atoms with Crippen LogP contribution in [0.25, 0.3) is 0 Å². The van der Waals surface area contributed by atoms with E-state index in [1.54, 1.807) is 0 Å². The van der Waals surface area contributed by atoms with Gasteiger partial charge in [0.1, 0.15) is 0 Å². The standard InChI is InChI=1S/C19H23N3O/c1-15(16-8-4-3-5-9-16)21(2)19(23)14-22-13-12-20-17-10-6-7-11-18(17)22/h3-11,15,20H,12-14H2,1-2H3. The molecule has 4 heteroatoms. The van der Waals surface area contributed by atoms with Crippen molar-refractivity contribution in [1.29, 1.82) is 0 Å². The summed E-state index contributed by atoms with van der Waals surface area (Å²) in [7, 11) is 1.88. The van der Waals surface area contributed by atoms with Crippen molar-refractivity contribution in [3.63, 3.8) is 0 Å². The van der Waals surface area contributed by atoms with Gasteiger partial charge in [-0.15, -0.1) is 0 Å². The number of amides is 1. The van der Waals surface area contributed by atoms with Crippen molar-refractivity contribution < 1.29 is 4.79 Å². The molecule has 0 bridgehead atoms. The number of carbonyl (C=O) groups excluding carboxylic acids is 1. The molecule has 0 radical (unpaired) electrons. The van der Waals surface area contributed by atoms with E-state index in [4.69, 9.17) is 0 Å². The largest absolute Gasteiger partial charge is 0.382 e. The van der Waals surface area contributed by atoms with Gasteiger partial charge in [0.25, 0.3) is 0 Å². The number of carbonyl (C=O) groups is 1. The van der Waals surface area contributed by atoms with Crippen molar-refractivity contribution >= 4 is 17.3 Å². The summed E-state index contributed by atoms with van der Waals surface area (Å²) in [6.45, 7) is 4.18. The molecule has 0 aliphatic carbocycles. The first-order valence-electron chi connectivity index (χ1n) is 8.05. The van der Waals surface area contributed by atoms with Gasteiger partial charge in [-0.1, -0.05) is 42.5 Å². The number of nitrogens with zero attached hydrogens (tertiary/aromatic N) is 2. The van der Waals surface area contributed by atoms with E-state index in [1.807, 2.05) is 42.3 Å². The number of hydrogen-bond acceptors (Lipinski definition) is 3. The van der Waals surface area contributed by atoms with Gasteiger partial charge in [0, 0.05) is 20.1 Å². The van der Waals surface area contributed by atoms with Gasteiger partial charge in [-0.25, -0.2) is 0 Å². The number of anilines is 2. The van der Waals surface area contributed by atoms with Gasteiger partial charge < -0.3 is 15.1 Å². The normalized spacial score (nSPS) is 14.6. The van der Waals surface area contributed by atoms with Crippen LogP contribution in [0, 0.1) is 0 Å². The van der Waals surface area contributed by atoms with Crippen LogP contribution < -0.4 is 10.2 Å². The highest BCUT2D eigenvalue weighted by molar-refractivity contribution is 5.84. The molecule has 120 valence electrons. The van der Waals surface area contributed by atoms with Crippen molar-refractivity contribution in [2.75, 3.05) is 36.9 Å². The maximum Gasteiger partial charge on any atom is 0.242 e. The van der Waals surface area contributed by atoms with Gasteiger partial charge in [-0.3, -0.25) is 4.79 Å². The van der Waals surface area contributed by atoms with Crippen LogP contribution in [0.1, 0.15) is 18.5 Å². The van der Waals surface area contributed by atoms with Gasteiger partial charge >= 0.3 is 0 Å². The van der Waals surface area contributed by atoms with Gasteiger partial charge in [-0.2, -0.15) is 0 Å². The average Bonchev–Trinajstić information content (AvgIpc) is 2.61. The van der Waals surface area contributed by atoms with Crippen LogP contribution in [0.2, 0.25) is 0 Å². The minimum Gasteiger partial charge on any atom is -0.382 e. The molecule has 1 atom stereocenters. The molecule has 23 heavy (non-hydrogen) atoms. The molecule has 1 amide bonds. The highest BCUT2D eigenvalue weighted by atomic mass is 16.2. The predicted molar refractivity (Wildman–Crippen MR) is 94.8 cm³/mol. The van der Waals surface area contributed by atoms with Crippen molar-refractivity contribution in [2.24, 2.45) is 0 Å². The van der Waals surface area contributed by atoms with Crippen LogP contribution >= 0.6 is 0 Å². The molecule has 4 nitrogen and oxygen atoms in total. The zero-order valence-corrected chi connectivity index (χ0v) is 13.7. The average molecular weight is 309 g/mol. The van der Waals surface area contributed by atoms with Gasteiger partial charge in [-0.05, 0) is 24.6 Å². The monoisotopic (exact) mass is 309 g/mol. The molecule has 0 saturated heterocycles. The molecule has 2 aromatic carbocycles. The lowest BCUT2D eigenvalue weighted by atomic mass is 10.1. The minimum absolute atomic E-state index is 0.0712. The van der Waals surface area contributed by atoms with Crippen LogP contribution in [-0.2, 0) is 4.79 Å². The smallest absolute Gasteiger partial charge is 0.242 e. The summed E-state index contributed by atoms with van der Waals surface area (Å²) in [5, 5.41) is 3.38. The van der Waals surface area contributed by atoms with E-state index in [2.05, 4.69) is 41.4 Å². The first kappa shape index (κ1) is 15.4. The number of para-hydroxylation sites is 2. The number of benzene rings is 2. The Labute approximate surface area is 137 Å². The third-order valence-electron chi connectivity index (χ3n) is 4.52. The Morgan fingerprint density at radius 3 is 2.65 bits per heavy atom. The molecule has 3 rings (SSSR count).